The highest BCUT2D eigenvalue weighted by Crippen LogP contribution is 2.04. The Morgan fingerprint density at radius 2 is 2.24 bits per heavy atom. The first-order valence-electron chi connectivity index (χ1n) is 4.74. The van der Waals surface area contributed by atoms with Crippen LogP contribution in [-0.2, 0) is 4.79 Å². The SMILES string of the molecule is N#Cc1ccc(NC(=O)NCCC(=O)O)cn1. The lowest BCUT2D eigenvalue weighted by Gasteiger charge is -2.05. The Hall–Kier alpha value is -2.62. The van der Waals surface area contributed by atoms with Crippen molar-refractivity contribution in [2.45, 2.75) is 6.42 Å². The maximum absolute atomic E-state index is 11.2. The third kappa shape index (κ3) is 4.61. The van der Waals surface area contributed by atoms with Crippen LogP contribution in [0.3, 0.4) is 0 Å². The molecule has 0 aliphatic carbocycles. The van der Waals surface area contributed by atoms with Gasteiger partial charge in [0.05, 0.1) is 18.3 Å². The van der Waals surface area contributed by atoms with Crippen LogP contribution in [0.2, 0.25) is 0 Å². The molecule has 0 aliphatic heterocycles. The first-order valence-corrected chi connectivity index (χ1v) is 4.74. The van der Waals surface area contributed by atoms with Gasteiger partial charge in [0.15, 0.2) is 0 Å². The van der Waals surface area contributed by atoms with Gasteiger partial charge in [-0.05, 0) is 12.1 Å². The minimum atomic E-state index is -0.981. The number of nitriles is 1. The normalized spacial score (nSPS) is 9.12. The van der Waals surface area contributed by atoms with E-state index in [2.05, 4.69) is 15.6 Å². The number of carboxylic acid groups (broad SMARTS) is 1. The first kappa shape index (κ1) is 12.4. The van der Waals surface area contributed by atoms with Crippen LogP contribution in [0.25, 0.3) is 0 Å². The number of amides is 2. The molecule has 0 saturated carbocycles. The minimum absolute atomic E-state index is 0.0465. The highest BCUT2D eigenvalue weighted by molar-refractivity contribution is 5.89. The highest BCUT2D eigenvalue weighted by atomic mass is 16.4. The van der Waals surface area contributed by atoms with Crippen LogP contribution in [0.1, 0.15) is 12.1 Å². The second-order valence-corrected chi connectivity index (χ2v) is 3.07. The average Bonchev–Trinajstić information content (AvgIpc) is 2.29. The molecule has 1 heterocycles. The Morgan fingerprint density at radius 3 is 2.76 bits per heavy atom. The summed E-state index contributed by atoms with van der Waals surface area (Å²) >= 11 is 0. The third-order valence-corrected chi connectivity index (χ3v) is 1.76. The number of anilines is 1. The summed E-state index contributed by atoms with van der Waals surface area (Å²) in [4.78, 5) is 25.2. The van der Waals surface area contributed by atoms with E-state index in [1.807, 2.05) is 6.07 Å². The van der Waals surface area contributed by atoms with Gasteiger partial charge in [-0.3, -0.25) is 4.79 Å². The zero-order chi connectivity index (χ0) is 12.7. The molecule has 7 nitrogen and oxygen atoms in total. The van der Waals surface area contributed by atoms with Crippen molar-refractivity contribution in [1.29, 1.82) is 5.26 Å². The lowest BCUT2D eigenvalue weighted by molar-refractivity contribution is -0.136. The van der Waals surface area contributed by atoms with Gasteiger partial charge in [0.1, 0.15) is 11.8 Å². The van der Waals surface area contributed by atoms with Crippen LogP contribution in [0.4, 0.5) is 10.5 Å². The van der Waals surface area contributed by atoms with E-state index in [-0.39, 0.29) is 18.7 Å². The maximum Gasteiger partial charge on any atom is 0.319 e. The minimum Gasteiger partial charge on any atom is -0.481 e. The van der Waals surface area contributed by atoms with E-state index in [1.165, 1.54) is 18.3 Å². The van der Waals surface area contributed by atoms with E-state index in [0.717, 1.165) is 0 Å². The number of carboxylic acids is 1. The van der Waals surface area contributed by atoms with Crippen LogP contribution in [0.15, 0.2) is 18.3 Å². The zero-order valence-corrected chi connectivity index (χ0v) is 8.80. The van der Waals surface area contributed by atoms with Crippen molar-refractivity contribution in [3.8, 4) is 6.07 Å². The average molecular weight is 234 g/mol. The lowest BCUT2D eigenvalue weighted by Crippen LogP contribution is -2.30. The van der Waals surface area contributed by atoms with Crippen molar-refractivity contribution in [2.24, 2.45) is 0 Å². The van der Waals surface area contributed by atoms with Gasteiger partial charge >= 0.3 is 12.0 Å². The number of pyridine rings is 1. The summed E-state index contributed by atoms with van der Waals surface area (Å²) in [7, 11) is 0. The number of carbonyl (C=O) groups excluding carboxylic acids is 1. The molecule has 0 bridgehead atoms. The number of nitrogens with one attached hydrogen (secondary N) is 2. The molecule has 0 fully saturated rings. The number of urea groups is 1. The van der Waals surface area contributed by atoms with Crippen molar-refractivity contribution < 1.29 is 14.7 Å². The van der Waals surface area contributed by atoms with Crippen LogP contribution in [0.5, 0.6) is 0 Å². The molecule has 0 radical (unpaired) electrons. The first-order chi connectivity index (χ1) is 8.11. The lowest BCUT2D eigenvalue weighted by atomic mass is 10.3. The molecule has 7 heteroatoms. The molecule has 0 aliphatic rings. The summed E-state index contributed by atoms with van der Waals surface area (Å²) in [6, 6.07) is 4.33. The molecule has 1 aromatic rings. The van der Waals surface area contributed by atoms with E-state index in [9.17, 15) is 9.59 Å². The quantitative estimate of drug-likeness (QED) is 0.703. The molecular weight excluding hydrogens is 224 g/mol. The topological polar surface area (TPSA) is 115 Å². The molecule has 88 valence electrons. The predicted molar refractivity (Wildman–Crippen MR) is 58.2 cm³/mol. The Balaban J connectivity index is 2.40. The molecule has 1 rings (SSSR count). The van der Waals surface area contributed by atoms with Gasteiger partial charge in [-0.15, -0.1) is 0 Å². The number of aliphatic carboxylic acids is 1. The third-order valence-electron chi connectivity index (χ3n) is 1.76. The van der Waals surface area contributed by atoms with Gasteiger partial charge in [-0.2, -0.15) is 5.26 Å². The van der Waals surface area contributed by atoms with Crippen LogP contribution in [0, 0.1) is 11.3 Å². The standard InChI is InChI=1S/C10H10N4O3/c11-5-7-1-2-8(6-13-7)14-10(17)12-4-3-9(15)16/h1-2,6H,3-4H2,(H,15,16)(H2,12,14,17). The summed E-state index contributed by atoms with van der Waals surface area (Å²) < 4.78 is 0. The molecule has 0 atom stereocenters. The number of nitrogens with zero attached hydrogens (tertiary/aromatic N) is 2. The number of carbonyl (C=O) groups is 2. The van der Waals surface area contributed by atoms with E-state index < -0.39 is 12.0 Å². The fraction of sp³-hybridized carbons (Fsp3) is 0.200. The summed E-state index contributed by atoms with van der Waals surface area (Å²) in [5.74, 6) is -0.981. The maximum atomic E-state index is 11.2. The van der Waals surface area contributed by atoms with E-state index in [0.29, 0.717) is 5.69 Å². The van der Waals surface area contributed by atoms with Crippen LogP contribution < -0.4 is 10.6 Å². The van der Waals surface area contributed by atoms with Gasteiger partial charge in [-0.25, -0.2) is 9.78 Å². The molecule has 0 unspecified atom stereocenters. The zero-order valence-electron chi connectivity index (χ0n) is 8.80. The highest BCUT2D eigenvalue weighted by Gasteiger charge is 2.03. The number of rotatable bonds is 4. The summed E-state index contributed by atoms with van der Waals surface area (Å²) in [5.41, 5.74) is 0.679. The number of aromatic nitrogens is 1. The smallest absolute Gasteiger partial charge is 0.319 e. The molecular formula is C10H10N4O3. The second kappa shape index (κ2) is 6.07. The Kier molecular flexibility index (Phi) is 4.45. The molecule has 2 amide bonds. The molecule has 0 spiro atoms. The summed E-state index contributed by atoms with van der Waals surface area (Å²) in [5, 5.41) is 21.7. The van der Waals surface area contributed by atoms with Crippen LogP contribution in [-0.4, -0.2) is 28.6 Å². The Morgan fingerprint density at radius 1 is 1.47 bits per heavy atom. The summed E-state index contributed by atoms with van der Waals surface area (Å²) in [6.07, 6.45) is 1.20. The predicted octanol–water partition coefficient (Wildman–Crippen LogP) is 0.549. The number of hydrogen-bond donors (Lipinski definition) is 3. The summed E-state index contributed by atoms with van der Waals surface area (Å²) in [6.45, 7) is 0.0465. The van der Waals surface area contributed by atoms with E-state index in [4.69, 9.17) is 10.4 Å². The monoisotopic (exact) mass is 234 g/mol. The molecule has 0 saturated heterocycles. The van der Waals surface area contributed by atoms with Crippen molar-refractivity contribution in [3.63, 3.8) is 0 Å². The van der Waals surface area contributed by atoms with Gasteiger partial charge in [0.25, 0.3) is 0 Å². The Labute approximate surface area is 97.1 Å². The van der Waals surface area contributed by atoms with Crippen molar-refractivity contribution in [1.82, 2.24) is 10.3 Å². The molecule has 3 N–H and O–H groups in total. The fourth-order valence-corrected chi connectivity index (χ4v) is 0.992. The second-order valence-electron chi connectivity index (χ2n) is 3.07. The van der Waals surface area contributed by atoms with Gasteiger partial charge in [0, 0.05) is 6.54 Å². The van der Waals surface area contributed by atoms with Crippen molar-refractivity contribution in [3.05, 3.63) is 24.0 Å². The van der Waals surface area contributed by atoms with Crippen molar-refractivity contribution >= 4 is 17.7 Å². The van der Waals surface area contributed by atoms with E-state index >= 15 is 0 Å². The van der Waals surface area contributed by atoms with Gasteiger partial charge in [-0.1, -0.05) is 0 Å². The van der Waals surface area contributed by atoms with Gasteiger partial charge < -0.3 is 15.7 Å². The fourth-order valence-electron chi connectivity index (χ4n) is 0.992. The van der Waals surface area contributed by atoms with Crippen LogP contribution >= 0.6 is 0 Å². The van der Waals surface area contributed by atoms with E-state index in [1.54, 1.807) is 0 Å². The largest absolute Gasteiger partial charge is 0.481 e. The molecule has 1 aromatic heterocycles. The van der Waals surface area contributed by atoms with Gasteiger partial charge in [0.2, 0.25) is 0 Å². The molecule has 0 aromatic carbocycles. The van der Waals surface area contributed by atoms with Crippen molar-refractivity contribution in [2.75, 3.05) is 11.9 Å². The molecule has 17 heavy (non-hydrogen) atoms. The Bertz CT molecular complexity index is 450. The number of hydrogen-bond acceptors (Lipinski definition) is 4.